The van der Waals surface area contributed by atoms with Crippen LogP contribution < -0.4 is 10.6 Å². The van der Waals surface area contributed by atoms with E-state index < -0.39 is 18.0 Å². The van der Waals surface area contributed by atoms with Crippen molar-refractivity contribution in [1.82, 2.24) is 9.59 Å². The monoisotopic (exact) mass is 390 g/mol. The maximum atomic E-state index is 12.5. The fraction of sp³-hybridized carbons (Fsp3) is 0.353. The number of ether oxygens (including phenoxy) is 2. The van der Waals surface area contributed by atoms with Gasteiger partial charge in [-0.15, -0.1) is 5.10 Å². The molecule has 9 nitrogen and oxygen atoms in total. The number of amides is 2. The molecule has 0 bridgehead atoms. The zero-order chi connectivity index (χ0) is 19.2. The van der Waals surface area contributed by atoms with E-state index in [9.17, 15) is 14.4 Å². The van der Waals surface area contributed by atoms with Gasteiger partial charge in [-0.05, 0) is 38.0 Å². The molecule has 0 spiro atoms. The number of nitrogens with one attached hydrogen (secondary N) is 2. The maximum Gasteiger partial charge on any atom is 0.362 e. The van der Waals surface area contributed by atoms with Crippen LogP contribution in [-0.2, 0) is 14.3 Å². The second kappa shape index (κ2) is 8.69. The van der Waals surface area contributed by atoms with E-state index in [-0.39, 0.29) is 23.2 Å². The van der Waals surface area contributed by atoms with Crippen LogP contribution in [0.3, 0.4) is 0 Å². The van der Waals surface area contributed by atoms with Gasteiger partial charge in [-0.2, -0.15) is 0 Å². The third kappa shape index (κ3) is 4.66. The molecule has 0 saturated carbocycles. The van der Waals surface area contributed by atoms with Gasteiger partial charge in [-0.1, -0.05) is 10.6 Å². The predicted molar refractivity (Wildman–Crippen MR) is 97.9 cm³/mol. The molecular formula is C17H18N4O5S. The summed E-state index contributed by atoms with van der Waals surface area (Å²) < 4.78 is 13.9. The molecule has 0 radical (unpaired) electrons. The number of hydrogen-bond acceptors (Lipinski definition) is 8. The zero-order valence-corrected chi connectivity index (χ0v) is 15.4. The lowest BCUT2D eigenvalue weighted by Crippen LogP contribution is -2.27. The second-order valence-corrected chi connectivity index (χ2v) is 6.45. The van der Waals surface area contributed by atoms with E-state index in [2.05, 4.69) is 20.2 Å². The molecule has 1 atom stereocenters. The van der Waals surface area contributed by atoms with Gasteiger partial charge in [0.05, 0.1) is 6.61 Å². The van der Waals surface area contributed by atoms with E-state index in [0.29, 0.717) is 24.3 Å². The summed E-state index contributed by atoms with van der Waals surface area (Å²) in [5, 5.41) is 9.23. The molecule has 1 aliphatic heterocycles. The Morgan fingerprint density at radius 2 is 2.19 bits per heavy atom. The highest BCUT2D eigenvalue weighted by Gasteiger charge is 2.24. The molecule has 0 aliphatic carbocycles. The number of carbonyl (C=O) groups is 3. The molecule has 1 unspecified atom stereocenters. The molecule has 1 fully saturated rings. The van der Waals surface area contributed by atoms with Crippen LogP contribution in [-0.4, -0.2) is 46.7 Å². The van der Waals surface area contributed by atoms with Crippen molar-refractivity contribution >= 4 is 40.0 Å². The van der Waals surface area contributed by atoms with Crippen LogP contribution in [0, 0.1) is 0 Å². The van der Waals surface area contributed by atoms with E-state index in [1.165, 1.54) is 0 Å². The summed E-state index contributed by atoms with van der Waals surface area (Å²) in [5.41, 5.74) is 0.748. The predicted octanol–water partition coefficient (Wildman–Crippen LogP) is 2.08. The van der Waals surface area contributed by atoms with E-state index in [1.54, 1.807) is 31.2 Å². The van der Waals surface area contributed by atoms with Crippen LogP contribution in [0.25, 0.3) is 0 Å². The Kier molecular flexibility index (Phi) is 6.09. The summed E-state index contributed by atoms with van der Waals surface area (Å²) in [5.74, 6) is -1.35. The average molecular weight is 390 g/mol. The molecule has 27 heavy (non-hydrogen) atoms. The number of nitrogens with zero attached hydrogens (tertiary/aromatic N) is 2. The maximum absolute atomic E-state index is 12.5. The van der Waals surface area contributed by atoms with Gasteiger partial charge < -0.3 is 20.1 Å². The molecule has 2 amide bonds. The van der Waals surface area contributed by atoms with Crippen molar-refractivity contribution in [1.29, 1.82) is 0 Å². The van der Waals surface area contributed by atoms with Gasteiger partial charge in [0.15, 0.2) is 5.00 Å². The lowest BCUT2D eigenvalue weighted by atomic mass is 10.1. The van der Waals surface area contributed by atoms with Gasteiger partial charge in [0.2, 0.25) is 5.69 Å². The summed E-state index contributed by atoms with van der Waals surface area (Å²) in [6.45, 7) is 2.44. The summed E-state index contributed by atoms with van der Waals surface area (Å²) in [4.78, 5) is 36.4. The van der Waals surface area contributed by atoms with Gasteiger partial charge in [0.1, 0.15) is 6.10 Å². The Labute approximate surface area is 159 Å². The third-order valence-electron chi connectivity index (χ3n) is 3.80. The fourth-order valence-electron chi connectivity index (χ4n) is 2.53. The van der Waals surface area contributed by atoms with Crippen LogP contribution in [0.1, 0.15) is 40.6 Å². The summed E-state index contributed by atoms with van der Waals surface area (Å²) in [6.07, 6.45) is 1.07. The number of aromatic nitrogens is 2. The Hall–Kier alpha value is -2.85. The number of benzene rings is 1. The molecule has 1 aromatic carbocycles. The van der Waals surface area contributed by atoms with Crippen molar-refractivity contribution < 1.29 is 23.9 Å². The minimum absolute atomic E-state index is 0.0435. The third-order valence-corrected chi connectivity index (χ3v) is 4.44. The first kappa shape index (κ1) is 18.9. The number of esters is 1. The highest BCUT2D eigenvalue weighted by Crippen LogP contribution is 2.21. The van der Waals surface area contributed by atoms with Gasteiger partial charge in [0.25, 0.3) is 11.8 Å². The molecule has 1 saturated heterocycles. The summed E-state index contributed by atoms with van der Waals surface area (Å²) >= 11 is 0.878. The molecule has 3 rings (SSSR count). The first-order chi connectivity index (χ1) is 13.1. The van der Waals surface area contributed by atoms with Crippen molar-refractivity contribution in [3.8, 4) is 0 Å². The van der Waals surface area contributed by atoms with E-state index in [4.69, 9.17) is 9.47 Å². The van der Waals surface area contributed by atoms with Gasteiger partial charge in [0, 0.05) is 29.4 Å². The Morgan fingerprint density at radius 1 is 1.33 bits per heavy atom. The highest BCUT2D eigenvalue weighted by atomic mass is 32.1. The number of anilines is 2. The lowest BCUT2D eigenvalue weighted by Gasteiger charge is -2.11. The van der Waals surface area contributed by atoms with Crippen LogP contribution in [0.4, 0.5) is 10.7 Å². The number of hydrogen-bond donors (Lipinski definition) is 2. The molecule has 2 N–H and O–H groups in total. The quantitative estimate of drug-likeness (QED) is 0.725. The largest absolute Gasteiger partial charge is 0.461 e. The van der Waals surface area contributed by atoms with Gasteiger partial charge >= 0.3 is 5.97 Å². The number of carbonyl (C=O) groups excluding carboxylic acids is 3. The smallest absolute Gasteiger partial charge is 0.362 e. The van der Waals surface area contributed by atoms with Crippen molar-refractivity contribution in [2.24, 2.45) is 0 Å². The van der Waals surface area contributed by atoms with Crippen LogP contribution in [0.5, 0.6) is 0 Å². The SMILES string of the molecule is CCOC(=O)c1nnsc1NC(=O)c1cccc(NC(=O)C2CCCO2)c1. The van der Waals surface area contributed by atoms with Crippen molar-refractivity contribution in [2.45, 2.75) is 25.9 Å². The summed E-state index contributed by atoms with van der Waals surface area (Å²) in [6, 6.07) is 6.47. The molecule has 1 aromatic heterocycles. The second-order valence-electron chi connectivity index (χ2n) is 5.70. The molecule has 2 aromatic rings. The minimum atomic E-state index is -0.654. The highest BCUT2D eigenvalue weighted by molar-refractivity contribution is 7.10. The first-order valence-corrected chi connectivity index (χ1v) is 9.19. The van der Waals surface area contributed by atoms with Crippen LogP contribution in [0.15, 0.2) is 24.3 Å². The minimum Gasteiger partial charge on any atom is -0.461 e. The van der Waals surface area contributed by atoms with Crippen molar-refractivity contribution in [3.63, 3.8) is 0 Å². The zero-order valence-electron chi connectivity index (χ0n) is 14.6. The average Bonchev–Trinajstić information content (AvgIpc) is 3.34. The molecule has 1 aliphatic rings. The fourth-order valence-corrected chi connectivity index (χ4v) is 3.08. The van der Waals surface area contributed by atoms with Crippen LogP contribution >= 0.6 is 11.5 Å². The van der Waals surface area contributed by atoms with Crippen LogP contribution in [0.2, 0.25) is 0 Å². The number of rotatable bonds is 6. The van der Waals surface area contributed by atoms with Crippen molar-refractivity contribution in [3.05, 3.63) is 35.5 Å². The Bertz CT molecular complexity index is 847. The normalized spacial score (nSPS) is 16.0. The standard InChI is InChI=1S/C17H18N4O5S/c1-2-25-17(24)13-16(27-21-20-13)19-14(22)10-5-3-6-11(9-10)18-15(23)12-7-4-8-26-12/h3,5-6,9,12H,2,4,7-8H2,1H3,(H,18,23)(H,19,22). The molecule has 10 heteroatoms. The topological polar surface area (TPSA) is 120 Å². The molecule has 2 heterocycles. The van der Waals surface area contributed by atoms with Gasteiger partial charge in [-0.3, -0.25) is 9.59 Å². The Balaban J connectivity index is 1.68. The van der Waals surface area contributed by atoms with E-state index >= 15 is 0 Å². The summed E-state index contributed by atoms with van der Waals surface area (Å²) in [7, 11) is 0. The molecular weight excluding hydrogens is 372 g/mol. The first-order valence-electron chi connectivity index (χ1n) is 8.42. The Morgan fingerprint density at radius 3 is 2.93 bits per heavy atom. The molecule has 142 valence electrons. The van der Waals surface area contributed by atoms with Crippen molar-refractivity contribution in [2.75, 3.05) is 23.8 Å². The van der Waals surface area contributed by atoms with E-state index in [0.717, 1.165) is 18.0 Å². The lowest BCUT2D eigenvalue weighted by molar-refractivity contribution is -0.124. The van der Waals surface area contributed by atoms with Gasteiger partial charge in [-0.25, -0.2) is 4.79 Å². The van der Waals surface area contributed by atoms with E-state index in [1.807, 2.05) is 0 Å².